The summed E-state index contributed by atoms with van der Waals surface area (Å²) in [6.07, 6.45) is 4.75. The van der Waals surface area contributed by atoms with Gasteiger partial charge in [-0.05, 0) is 18.4 Å². The van der Waals surface area contributed by atoms with Gasteiger partial charge in [-0.15, -0.1) is 0 Å². The van der Waals surface area contributed by atoms with Crippen LogP contribution in [-0.2, 0) is 15.1 Å². The summed E-state index contributed by atoms with van der Waals surface area (Å²) < 4.78 is 11.5. The quantitative estimate of drug-likeness (QED) is 0.779. The van der Waals surface area contributed by atoms with Crippen molar-refractivity contribution >= 4 is 0 Å². The van der Waals surface area contributed by atoms with Crippen molar-refractivity contribution in [2.45, 2.75) is 37.4 Å². The Morgan fingerprint density at radius 1 is 1.12 bits per heavy atom. The lowest BCUT2D eigenvalue weighted by Gasteiger charge is -2.42. The van der Waals surface area contributed by atoms with Gasteiger partial charge in [0.15, 0.2) is 0 Å². The van der Waals surface area contributed by atoms with E-state index in [1.807, 2.05) is 6.07 Å². The molecule has 0 spiro atoms. The molecule has 1 fully saturated rings. The molecule has 2 rings (SSSR count). The van der Waals surface area contributed by atoms with E-state index in [9.17, 15) is 0 Å². The molecule has 0 bridgehead atoms. The summed E-state index contributed by atoms with van der Waals surface area (Å²) in [5.41, 5.74) is 0.998. The van der Waals surface area contributed by atoms with Crippen LogP contribution in [0.15, 0.2) is 30.3 Å². The van der Waals surface area contributed by atoms with Gasteiger partial charge in [0.25, 0.3) is 0 Å². The molecule has 0 radical (unpaired) electrons. The summed E-state index contributed by atoms with van der Waals surface area (Å²) in [5, 5.41) is 0. The predicted octanol–water partition coefficient (Wildman–Crippen LogP) is 3.12. The van der Waals surface area contributed by atoms with Crippen LogP contribution in [0.3, 0.4) is 0 Å². The Morgan fingerprint density at radius 3 is 2.50 bits per heavy atom. The molecule has 1 aliphatic carbocycles. The molecule has 1 saturated carbocycles. The Hall–Kier alpha value is -0.860. The van der Waals surface area contributed by atoms with Crippen LogP contribution >= 0.6 is 0 Å². The van der Waals surface area contributed by atoms with Gasteiger partial charge in [0, 0.05) is 14.2 Å². The Balaban J connectivity index is 2.36. The highest BCUT2D eigenvalue weighted by Gasteiger charge is 2.42. The zero-order valence-electron chi connectivity index (χ0n) is 10.1. The Kier molecular flexibility index (Phi) is 3.62. The summed E-state index contributed by atoms with van der Waals surface area (Å²) in [6, 6.07) is 10.5. The maximum atomic E-state index is 5.84. The lowest BCUT2D eigenvalue weighted by molar-refractivity contribution is -0.144. The number of hydrogen-bond acceptors (Lipinski definition) is 2. The minimum absolute atomic E-state index is 0.175. The minimum atomic E-state index is -0.242. The van der Waals surface area contributed by atoms with Crippen molar-refractivity contribution in [1.82, 2.24) is 0 Å². The zero-order valence-corrected chi connectivity index (χ0v) is 10.1. The van der Waals surface area contributed by atoms with Crippen molar-refractivity contribution in [1.29, 1.82) is 0 Å². The molecule has 1 aromatic rings. The number of ether oxygens (including phenoxy) is 2. The minimum Gasteiger partial charge on any atom is -0.378 e. The van der Waals surface area contributed by atoms with Crippen LogP contribution in [0.25, 0.3) is 0 Å². The van der Waals surface area contributed by atoms with E-state index in [2.05, 4.69) is 24.3 Å². The van der Waals surface area contributed by atoms with Crippen molar-refractivity contribution in [2.24, 2.45) is 0 Å². The monoisotopic (exact) mass is 220 g/mol. The average molecular weight is 220 g/mol. The normalized spacial score (nSPS) is 30.2. The molecule has 2 heteroatoms. The van der Waals surface area contributed by atoms with Crippen LogP contribution in [0.4, 0.5) is 0 Å². The van der Waals surface area contributed by atoms with Crippen LogP contribution in [0.1, 0.15) is 31.2 Å². The number of benzene rings is 1. The molecule has 0 amide bonds. The summed E-state index contributed by atoms with van der Waals surface area (Å²) >= 11 is 0. The summed E-state index contributed by atoms with van der Waals surface area (Å²) in [7, 11) is 3.58. The van der Waals surface area contributed by atoms with E-state index < -0.39 is 0 Å². The molecule has 0 N–H and O–H groups in total. The predicted molar refractivity (Wildman–Crippen MR) is 64.4 cm³/mol. The fourth-order valence-electron chi connectivity index (χ4n) is 2.82. The van der Waals surface area contributed by atoms with Gasteiger partial charge in [0.1, 0.15) is 5.60 Å². The van der Waals surface area contributed by atoms with Crippen LogP contribution < -0.4 is 0 Å². The highest BCUT2D eigenvalue weighted by atomic mass is 16.5. The molecular formula is C14H20O2. The average Bonchev–Trinajstić information content (AvgIpc) is 2.39. The van der Waals surface area contributed by atoms with Gasteiger partial charge in [0.2, 0.25) is 0 Å². The molecule has 2 unspecified atom stereocenters. The van der Waals surface area contributed by atoms with Gasteiger partial charge in [-0.2, -0.15) is 0 Å². The van der Waals surface area contributed by atoms with E-state index in [-0.39, 0.29) is 11.7 Å². The first-order chi connectivity index (χ1) is 7.83. The third-order valence-corrected chi connectivity index (χ3v) is 3.70. The number of hydrogen-bond donors (Lipinski definition) is 0. The maximum absolute atomic E-state index is 5.84. The van der Waals surface area contributed by atoms with E-state index in [1.54, 1.807) is 14.2 Å². The van der Waals surface area contributed by atoms with Crippen LogP contribution in [-0.4, -0.2) is 20.3 Å². The van der Waals surface area contributed by atoms with Gasteiger partial charge in [-0.25, -0.2) is 0 Å². The molecule has 1 aliphatic rings. The molecule has 2 nitrogen and oxygen atoms in total. The van der Waals surface area contributed by atoms with Crippen molar-refractivity contribution < 1.29 is 9.47 Å². The third kappa shape index (κ3) is 1.87. The van der Waals surface area contributed by atoms with Gasteiger partial charge < -0.3 is 9.47 Å². The molecular weight excluding hydrogens is 200 g/mol. The Bertz CT molecular complexity index is 323. The van der Waals surface area contributed by atoms with E-state index in [4.69, 9.17) is 9.47 Å². The second-order valence-electron chi connectivity index (χ2n) is 4.43. The lowest BCUT2D eigenvalue weighted by atomic mass is 9.77. The summed E-state index contributed by atoms with van der Waals surface area (Å²) in [6.45, 7) is 0. The highest BCUT2D eigenvalue weighted by Crippen LogP contribution is 2.41. The maximum Gasteiger partial charge on any atom is 0.119 e. The Morgan fingerprint density at radius 2 is 1.88 bits per heavy atom. The van der Waals surface area contributed by atoms with Gasteiger partial charge in [-0.3, -0.25) is 0 Å². The van der Waals surface area contributed by atoms with Crippen molar-refractivity contribution in [3.05, 3.63) is 35.9 Å². The third-order valence-electron chi connectivity index (χ3n) is 3.70. The molecule has 0 aliphatic heterocycles. The van der Waals surface area contributed by atoms with Gasteiger partial charge in [0.05, 0.1) is 6.10 Å². The first kappa shape index (κ1) is 11.6. The molecule has 16 heavy (non-hydrogen) atoms. The van der Waals surface area contributed by atoms with Gasteiger partial charge >= 0.3 is 0 Å². The number of methoxy groups -OCH3 is 2. The molecule has 1 aromatic carbocycles. The first-order valence-electron chi connectivity index (χ1n) is 5.97. The largest absolute Gasteiger partial charge is 0.378 e. The first-order valence-corrected chi connectivity index (χ1v) is 5.97. The van der Waals surface area contributed by atoms with E-state index in [1.165, 1.54) is 18.4 Å². The fourth-order valence-corrected chi connectivity index (χ4v) is 2.82. The molecule has 0 heterocycles. The Labute approximate surface area is 97.6 Å². The summed E-state index contributed by atoms with van der Waals surface area (Å²) in [5.74, 6) is 0. The van der Waals surface area contributed by atoms with Crippen LogP contribution in [0.5, 0.6) is 0 Å². The second-order valence-corrected chi connectivity index (χ2v) is 4.43. The fraction of sp³-hybridized carbons (Fsp3) is 0.571. The van der Waals surface area contributed by atoms with Crippen molar-refractivity contribution in [2.75, 3.05) is 14.2 Å². The highest BCUT2D eigenvalue weighted by molar-refractivity contribution is 5.25. The zero-order chi connectivity index (χ0) is 11.4. The molecule has 88 valence electrons. The van der Waals surface area contributed by atoms with E-state index >= 15 is 0 Å². The van der Waals surface area contributed by atoms with Crippen LogP contribution in [0.2, 0.25) is 0 Å². The topological polar surface area (TPSA) is 18.5 Å². The van der Waals surface area contributed by atoms with Gasteiger partial charge in [-0.1, -0.05) is 43.2 Å². The van der Waals surface area contributed by atoms with E-state index in [0.29, 0.717) is 0 Å². The summed E-state index contributed by atoms with van der Waals surface area (Å²) in [4.78, 5) is 0. The van der Waals surface area contributed by atoms with Crippen molar-refractivity contribution in [3.63, 3.8) is 0 Å². The molecule has 2 atom stereocenters. The van der Waals surface area contributed by atoms with Crippen LogP contribution in [0, 0.1) is 0 Å². The van der Waals surface area contributed by atoms with Crippen molar-refractivity contribution in [3.8, 4) is 0 Å². The van der Waals surface area contributed by atoms with E-state index in [0.717, 1.165) is 12.8 Å². The molecule has 0 saturated heterocycles. The number of rotatable bonds is 3. The smallest absolute Gasteiger partial charge is 0.119 e. The molecule has 0 aromatic heterocycles. The standard InChI is InChI=1S/C14H20O2/c1-15-13-10-6-7-11-14(13,16-2)12-8-4-3-5-9-12/h3-5,8-9,13H,6-7,10-11H2,1-2H3. The lowest BCUT2D eigenvalue weighted by Crippen LogP contribution is -2.45. The SMILES string of the molecule is COC1CCCCC1(OC)c1ccccc1. The second kappa shape index (κ2) is 4.98.